The minimum absolute atomic E-state index is 0.104. The average molecular weight is 337 g/mol. The van der Waals surface area contributed by atoms with E-state index in [1.54, 1.807) is 18.2 Å². The Hall–Kier alpha value is -3.02. The van der Waals surface area contributed by atoms with Gasteiger partial charge in [-0.15, -0.1) is 0 Å². The third-order valence-electron chi connectivity index (χ3n) is 4.19. The topological polar surface area (TPSA) is 65.4 Å². The maximum atomic E-state index is 12.3. The number of benzene rings is 2. The molecule has 0 saturated heterocycles. The highest BCUT2D eigenvalue weighted by atomic mass is 16.6. The van der Waals surface area contributed by atoms with E-state index >= 15 is 0 Å². The van der Waals surface area contributed by atoms with Crippen molar-refractivity contribution in [1.29, 1.82) is 0 Å². The van der Waals surface area contributed by atoms with Gasteiger partial charge in [-0.1, -0.05) is 12.1 Å². The molecule has 1 aliphatic rings. The van der Waals surface area contributed by atoms with Gasteiger partial charge in [-0.05, 0) is 36.8 Å². The van der Waals surface area contributed by atoms with Gasteiger partial charge in [0.15, 0.2) is 11.5 Å². The highest BCUT2D eigenvalue weighted by Gasteiger charge is 2.14. The lowest BCUT2D eigenvalue weighted by Crippen LogP contribution is -2.25. The van der Waals surface area contributed by atoms with Gasteiger partial charge in [0.1, 0.15) is 13.2 Å². The van der Waals surface area contributed by atoms with Gasteiger partial charge in [0.05, 0.1) is 17.4 Å². The molecule has 6 nitrogen and oxygen atoms in total. The Balaban J connectivity index is 1.32. The first-order valence-electron chi connectivity index (χ1n) is 8.39. The molecule has 0 fully saturated rings. The maximum absolute atomic E-state index is 12.3. The molecule has 1 amide bonds. The first-order valence-corrected chi connectivity index (χ1v) is 8.39. The number of aromatic nitrogens is 2. The molecule has 0 unspecified atom stereocenters. The summed E-state index contributed by atoms with van der Waals surface area (Å²) in [4.78, 5) is 16.6. The van der Waals surface area contributed by atoms with Crippen molar-refractivity contribution in [3.05, 3.63) is 54.4 Å². The molecule has 0 spiro atoms. The van der Waals surface area contributed by atoms with E-state index in [9.17, 15) is 4.79 Å². The zero-order chi connectivity index (χ0) is 17.1. The van der Waals surface area contributed by atoms with Crippen LogP contribution < -0.4 is 14.8 Å². The molecule has 0 saturated carbocycles. The number of hydrogen-bond donors (Lipinski definition) is 1. The smallest absolute Gasteiger partial charge is 0.251 e. The fourth-order valence-corrected chi connectivity index (χ4v) is 2.93. The Morgan fingerprint density at radius 1 is 1.12 bits per heavy atom. The van der Waals surface area contributed by atoms with Gasteiger partial charge in [-0.3, -0.25) is 4.79 Å². The highest BCUT2D eigenvalue weighted by molar-refractivity contribution is 5.94. The van der Waals surface area contributed by atoms with Crippen LogP contribution in [0.4, 0.5) is 0 Å². The number of aryl methyl sites for hydroxylation is 1. The van der Waals surface area contributed by atoms with Crippen LogP contribution >= 0.6 is 0 Å². The van der Waals surface area contributed by atoms with Gasteiger partial charge in [0.25, 0.3) is 5.91 Å². The van der Waals surface area contributed by atoms with Gasteiger partial charge >= 0.3 is 0 Å². The first kappa shape index (κ1) is 15.5. The molecule has 0 aliphatic carbocycles. The number of para-hydroxylation sites is 2. The van der Waals surface area contributed by atoms with Crippen LogP contribution in [0, 0.1) is 0 Å². The fourth-order valence-electron chi connectivity index (χ4n) is 2.93. The van der Waals surface area contributed by atoms with E-state index in [1.165, 1.54) is 0 Å². The summed E-state index contributed by atoms with van der Waals surface area (Å²) >= 11 is 0. The van der Waals surface area contributed by atoms with Crippen LogP contribution in [0.25, 0.3) is 11.0 Å². The summed E-state index contributed by atoms with van der Waals surface area (Å²) in [5.74, 6) is 1.21. The van der Waals surface area contributed by atoms with E-state index in [0.717, 1.165) is 24.0 Å². The van der Waals surface area contributed by atoms with E-state index < -0.39 is 0 Å². The minimum atomic E-state index is -0.104. The molecule has 25 heavy (non-hydrogen) atoms. The zero-order valence-corrected chi connectivity index (χ0v) is 13.8. The molecule has 1 aromatic heterocycles. The molecule has 4 rings (SSSR count). The van der Waals surface area contributed by atoms with Crippen LogP contribution in [0.2, 0.25) is 0 Å². The van der Waals surface area contributed by atoms with Crippen molar-refractivity contribution in [2.45, 2.75) is 13.0 Å². The second kappa shape index (κ2) is 6.84. The number of amides is 1. The molecule has 3 aromatic rings. The molecule has 0 radical (unpaired) electrons. The third kappa shape index (κ3) is 3.28. The van der Waals surface area contributed by atoms with Gasteiger partial charge in [0, 0.05) is 18.7 Å². The van der Waals surface area contributed by atoms with Crippen LogP contribution in [-0.4, -0.2) is 35.2 Å². The van der Waals surface area contributed by atoms with Gasteiger partial charge in [-0.2, -0.15) is 0 Å². The van der Waals surface area contributed by atoms with E-state index in [-0.39, 0.29) is 5.91 Å². The number of nitrogens with zero attached hydrogens (tertiary/aromatic N) is 2. The molecule has 2 heterocycles. The van der Waals surface area contributed by atoms with Crippen molar-refractivity contribution < 1.29 is 14.3 Å². The van der Waals surface area contributed by atoms with Crippen LogP contribution in [-0.2, 0) is 6.54 Å². The molecular weight excluding hydrogens is 318 g/mol. The molecule has 2 aromatic carbocycles. The van der Waals surface area contributed by atoms with E-state index in [1.807, 2.05) is 24.5 Å². The molecular formula is C19H19N3O3. The first-order chi connectivity index (χ1) is 12.3. The van der Waals surface area contributed by atoms with Gasteiger partial charge < -0.3 is 19.4 Å². The number of ether oxygens (including phenoxy) is 2. The Bertz CT molecular complexity index is 904. The van der Waals surface area contributed by atoms with Crippen LogP contribution in [0.5, 0.6) is 11.5 Å². The molecule has 128 valence electrons. The van der Waals surface area contributed by atoms with E-state index in [0.29, 0.717) is 36.8 Å². The van der Waals surface area contributed by atoms with Crippen molar-refractivity contribution in [1.82, 2.24) is 14.9 Å². The summed E-state index contributed by atoms with van der Waals surface area (Å²) in [5, 5.41) is 2.95. The summed E-state index contributed by atoms with van der Waals surface area (Å²) in [6.45, 7) is 2.46. The predicted molar refractivity (Wildman–Crippen MR) is 94.1 cm³/mol. The average Bonchev–Trinajstić information content (AvgIpc) is 3.08. The summed E-state index contributed by atoms with van der Waals surface area (Å²) in [6.07, 6.45) is 2.67. The lowest BCUT2D eigenvalue weighted by atomic mass is 10.2. The summed E-state index contributed by atoms with van der Waals surface area (Å²) < 4.78 is 13.1. The van der Waals surface area contributed by atoms with Crippen molar-refractivity contribution in [3.8, 4) is 11.5 Å². The lowest BCUT2D eigenvalue weighted by molar-refractivity contribution is 0.0951. The molecule has 1 N–H and O–H groups in total. The minimum Gasteiger partial charge on any atom is -0.486 e. The van der Waals surface area contributed by atoms with Crippen LogP contribution in [0.3, 0.4) is 0 Å². The zero-order valence-electron chi connectivity index (χ0n) is 13.8. The van der Waals surface area contributed by atoms with E-state index in [4.69, 9.17) is 9.47 Å². The molecule has 0 atom stereocenters. The lowest BCUT2D eigenvalue weighted by Gasteiger charge is -2.18. The largest absolute Gasteiger partial charge is 0.486 e. The quantitative estimate of drug-likeness (QED) is 0.727. The monoisotopic (exact) mass is 337 g/mol. The Morgan fingerprint density at radius 2 is 1.96 bits per heavy atom. The number of fused-ring (bicyclic) bond motifs is 2. The molecule has 1 aliphatic heterocycles. The van der Waals surface area contributed by atoms with Crippen molar-refractivity contribution in [2.24, 2.45) is 0 Å². The second-order valence-corrected chi connectivity index (χ2v) is 5.89. The summed E-state index contributed by atoms with van der Waals surface area (Å²) in [7, 11) is 0. The van der Waals surface area contributed by atoms with Gasteiger partial charge in [0.2, 0.25) is 0 Å². The van der Waals surface area contributed by atoms with Gasteiger partial charge in [-0.25, -0.2) is 4.98 Å². The molecule has 6 heteroatoms. The standard InChI is InChI=1S/C19H19N3O3/c23-19(14-6-7-17-18(12-14)25-11-10-24-17)20-8-3-9-22-13-21-15-4-1-2-5-16(15)22/h1-2,4-7,12-13H,3,8-11H2,(H,20,23). The summed E-state index contributed by atoms with van der Waals surface area (Å²) in [5.41, 5.74) is 2.68. The number of carbonyl (C=O) groups is 1. The van der Waals surface area contributed by atoms with Crippen molar-refractivity contribution in [2.75, 3.05) is 19.8 Å². The van der Waals surface area contributed by atoms with Crippen LogP contribution in [0.1, 0.15) is 16.8 Å². The van der Waals surface area contributed by atoms with Crippen molar-refractivity contribution >= 4 is 16.9 Å². The van der Waals surface area contributed by atoms with Crippen LogP contribution in [0.15, 0.2) is 48.8 Å². The normalized spacial score (nSPS) is 13.0. The number of carbonyl (C=O) groups excluding carboxylic acids is 1. The highest BCUT2D eigenvalue weighted by Crippen LogP contribution is 2.30. The number of nitrogens with one attached hydrogen (secondary N) is 1. The Morgan fingerprint density at radius 3 is 2.88 bits per heavy atom. The number of hydrogen-bond acceptors (Lipinski definition) is 4. The maximum Gasteiger partial charge on any atom is 0.251 e. The molecule has 0 bridgehead atoms. The Kier molecular flexibility index (Phi) is 4.24. The SMILES string of the molecule is O=C(NCCCn1cnc2ccccc21)c1ccc2c(c1)OCCO2. The van der Waals surface area contributed by atoms with E-state index in [2.05, 4.69) is 20.9 Å². The number of imidazole rings is 1. The second-order valence-electron chi connectivity index (χ2n) is 5.89. The summed E-state index contributed by atoms with van der Waals surface area (Å²) in [6, 6.07) is 13.3. The van der Waals surface area contributed by atoms with Crippen molar-refractivity contribution in [3.63, 3.8) is 0 Å². The third-order valence-corrected chi connectivity index (χ3v) is 4.19. The number of rotatable bonds is 5. The predicted octanol–water partition coefficient (Wildman–Crippen LogP) is 2.63. The fraction of sp³-hybridized carbons (Fsp3) is 0.263. The Labute approximate surface area is 145 Å².